The van der Waals surface area contributed by atoms with Crippen molar-refractivity contribution < 1.29 is 9.18 Å². The van der Waals surface area contributed by atoms with Crippen LogP contribution < -0.4 is 5.32 Å². The number of carbonyl (C=O) groups is 1. The molecule has 3 aromatic heterocycles. The number of piperidine rings is 1. The molecular weight excluding hydrogens is 475 g/mol. The average Bonchev–Trinajstić information content (AvgIpc) is 3.62. The first-order valence-electron chi connectivity index (χ1n) is 12.9. The number of nitrogens with zero attached hydrogens (tertiary/aromatic N) is 5. The molecule has 0 unspecified atom stereocenters. The van der Waals surface area contributed by atoms with Gasteiger partial charge in [-0.2, -0.15) is 0 Å². The molecule has 2 fully saturated rings. The van der Waals surface area contributed by atoms with E-state index in [0.717, 1.165) is 63.0 Å². The Kier molecular flexibility index (Phi) is 6.00. The van der Waals surface area contributed by atoms with Gasteiger partial charge in [-0.25, -0.2) is 19.3 Å². The Morgan fingerprint density at radius 3 is 2.64 bits per heavy atom. The number of hydrogen-bond acceptors (Lipinski definition) is 7. The fraction of sp³-hybridized carbons (Fsp3) is 0.481. The van der Waals surface area contributed by atoms with Crippen LogP contribution >= 0.6 is 11.3 Å². The van der Waals surface area contributed by atoms with Crippen LogP contribution in [0.5, 0.6) is 0 Å². The molecule has 9 heteroatoms. The number of fused-ring (bicyclic) bond motifs is 2. The van der Waals surface area contributed by atoms with Gasteiger partial charge < -0.3 is 15.1 Å². The molecule has 188 valence electrons. The van der Waals surface area contributed by atoms with Crippen molar-refractivity contribution in [1.29, 1.82) is 0 Å². The second-order valence-electron chi connectivity index (χ2n) is 10.2. The number of nitrogens with one attached hydrogen (secondary N) is 1. The van der Waals surface area contributed by atoms with Gasteiger partial charge in [0, 0.05) is 18.1 Å². The van der Waals surface area contributed by atoms with Crippen LogP contribution in [0.2, 0.25) is 0 Å². The second kappa shape index (κ2) is 9.19. The highest BCUT2D eigenvalue weighted by molar-refractivity contribution is 7.16. The van der Waals surface area contributed by atoms with E-state index in [1.54, 1.807) is 6.07 Å². The smallest absolute Gasteiger partial charge is 0.255 e. The van der Waals surface area contributed by atoms with E-state index in [1.807, 2.05) is 24.2 Å². The summed E-state index contributed by atoms with van der Waals surface area (Å²) in [5, 5.41) is 3.12. The number of pyridine rings is 1. The minimum absolute atomic E-state index is 0.0203. The second-order valence-corrected chi connectivity index (χ2v) is 11.2. The lowest BCUT2D eigenvalue weighted by molar-refractivity contribution is 0.0645. The molecule has 5 heterocycles. The summed E-state index contributed by atoms with van der Waals surface area (Å²) in [4.78, 5) is 32.2. The van der Waals surface area contributed by atoms with Crippen LogP contribution in [0.4, 0.5) is 16.2 Å². The number of aromatic nitrogens is 3. The van der Waals surface area contributed by atoms with Gasteiger partial charge in [0.25, 0.3) is 5.91 Å². The van der Waals surface area contributed by atoms with Crippen molar-refractivity contribution in [3.8, 4) is 10.6 Å². The highest BCUT2D eigenvalue weighted by Gasteiger charge is 2.51. The van der Waals surface area contributed by atoms with Crippen LogP contribution in [0.3, 0.4) is 0 Å². The van der Waals surface area contributed by atoms with Gasteiger partial charge in [-0.05, 0) is 68.9 Å². The Morgan fingerprint density at radius 1 is 1.17 bits per heavy atom. The van der Waals surface area contributed by atoms with Crippen LogP contribution in [0.15, 0.2) is 30.6 Å². The minimum atomic E-state index is -0.497. The first kappa shape index (κ1) is 23.5. The predicted molar refractivity (Wildman–Crippen MR) is 139 cm³/mol. The molecule has 1 saturated heterocycles. The lowest BCUT2D eigenvalue weighted by Crippen LogP contribution is -2.38. The standard InChI is InChI=1S/C27H31FN6OS/c1-3-34-12-8-17(9-13-34)18-6-7-22(29-15-18)31-26-30-16-20(28)23(32-26)21-14-19-24(36-21)27(10-4-5-11-27)33(2)25(19)35/h6-7,14-17H,3-5,8-13H2,1-2H3,(H,29,30,31,32). The highest BCUT2D eigenvalue weighted by atomic mass is 32.1. The molecule has 0 atom stereocenters. The molecule has 36 heavy (non-hydrogen) atoms. The van der Waals surface area contributed by atoms with E-state index in [2.05, 4.69) is 38.2 Å². The van der Waals surface area contributed by atoms with Crippen molar-refractivity contribution in [2.24, 2.45) is 0 Å². The van der Waals surface area contributed by atoms with E-state index in [-0.39, 0.29) is 23.1 Å². The maximum absolute atomic E-state index is 14.9. The number of anilines is 2. The molecule has 0 bridgehead atoms. The summed E-state index contributed by atoms with van der Waals surface area (Å²) in [5.74, 6) is 0.970. The van der Waals surface area contributed by atoms with Crippen molar-refractivity contribution in [2.75, 3.05) is 32.0 Å². The highest BCUT2D eigenvalue weighted by Crippen LogP contribution is 2.53. The Bertz CT molecular complexity index is 1280. The van der Waals surface area contributed by atoms with E-state index in [1.165, 1.54) is 23.1 Å². The minimum Gasteiger partial charge on any atom is -0.331 e. The Hall–Kier alpha value is -2.91. The fourth-order valence-electron chi connectivity index (χ4n) is 6.08. The van der Waals surface area contributed by atoms with Crippen molar-refractivity contribution >= 4 is 29.0 Å². The number of carbonyl (C=O) groups excluding carboxylic acids is 1. The molecular formula is C27H31FN6OS. The summed E-state index contributed by atoms with van der Waals surface area (Å²) in [6.07, 6.45) is 9.53. The van der Waals surface area contributed by atoms with Crippen LogP contribution in [-0.4, -0.2) is 57.3 Å². The van der Waals surface area contributed by atoms with Gasteiger partial charge in [-0.3, -0.25) is 4.79 Å². The predicted octanol–water partition coefficient (Wildman–Crippen LogP) is 5.54. The third-order valence-electron chi connectivity index (χ3n) is 8.27. The van der Waals surface area contributed by atoms with Crippen molar-refractivity contribution in [1.82, 2.24) is 24.8 Å². The van der Waals surface area contributed by atoms with Crippen molar-refractivity contribution in [3.05, 3.63) is 52.4 Å². The number of rotatable bonds is 5. The molecule has 7 nitrogen and oxygen atoms in total. The third kappa shape index (κ3) is 3.89. The Labute approximate surface area is 214 Å². The summed E-state index contributed by atoms with van der Waals surface area (Å²) in [6, 6.07) is 5.85. The number of amides is 1. The molecule has 0 aromatic carbocycles. The molecule has 1 saturated carbocycles. The van der Waals surface area contributed by atoms with Crippen LogP contribution in [-0.2, 0) is 5.54 Å². The summed E-state index contributed by atoms with van der Waals surface area (Å²) < 4.78 is 14.9. The molecule has 6 rings (SSSR count). The van der Waals surface area contributed by atoms with Gasteiger partial charge in [0.2, 0.25) is 5.95 Å². The first-order chi connectivity index (χ1) is 17.5. The van der Waals surface area contributed by atoms with E-state index in [0.29, 0.717) is 22.2 Å². The first-order valence-corrected chi connectivity index (χ1v) is 13.7. The molecule has 3 aromatic rings. The zero-order chi connectivity index (χ0) is 24.9. The molecule has 0 radical (unpaired) electrons. The van der Waals surface area contributed by atoms with Crippen LogP contribution in [0, 0.1) is 5.82 Å². The zero-order valence-electron chi connectivity index (χ0n) is 20.8. The van der Waals surface area contributed by atoms with Gasteiger partial charge in [0.15, 0.2) is 5.82 Å². The van der Waals surface area contributed by atoms with Crippen molar-refractivity contribution in [2.45, 2.75) is 56.9 Å². The number of halogens is 1. The van der Waals surface area contributed by atoms with Gasteiger partial charge in [-0.1, -0.05) is 25.8 Å². The molecule has 1 amide bonds. The third-order valence-corrected chi connectivity index (χ3v) is 9.61. The zero-order valence-corrected chi connectivity index (χ0v) is 21.6. The lowest BCUT2D eigenvalue weighted by Gasteiger charge is -2.32. The summed E-state index contributed by atoms with van der Waals surface area (Å²) in [5.41, 5.74) is 1.92. The number of hydrogen-bond donors (Lipinski definition) is 1. The summed E-state index contributed by atoms with van der Waals surface area (Å²) in [6.45, 7) is 5.57. The maximum Gasteiger partial charge on any atom is 0.255 e. The molecule has 1 spiro atoms. The average molecular weight is 507 g/mol. The largest absolute Gasteiger partial charge is 0.331 e. The SMILES string of the molecule is CCN1CCC(c2ccc(Nc3ncc(F)c(-c4cc5c(s4)C4(CCCC4)N(C)C5=O)n3)nc2)CC1. The van der Waals surface area contributed by atoms with Gasteiger partial charge >= 0.3 is 0 Å². The molecule has 2 aliphatic heterocycles. The number of thiophene rings is 1. The Balaban J connectivity index is 1.22. The van der Waals surface area contributed by atoms with Crippen LogP contribution in [0.1, 0.15) is 72.2 Å². The summed E-state index contributed by atoms with van der Waals surface area (Å²) >= 11 is 1.49. The topological polar surface area (TPSA) is 74.2 Å². The summed E-state index contributed by atoms with van der Waals surface area (Å²) in [7, 11) is 1.89. The molecule has 1 aliphatic carbocycles. The van der Waals surface area contributed by atoms with Gasteiger partial charge in [0.1, 0.15) is 11.5 Å². The van der Waals surface area contributed by atoms with Crippen molar-refractivity contribution in [3.63, 3.8) is 0 Å². The maximum atomic E-state index is 14.9. The van der Waals surface area contributed by atoms with E-state index < -0.39 is 5.82 Å². The number of likely N-dealkylation sites (tertiary alicyclic amines) is 1. The monoisotopic (exact) mass is 506 g/mol. The van der Waals surface area contributed by atoms with Crippen LogP contribution in [0.25, 0.3) is 10.6 Å². The van der Waals surface area contributed by atoms with E-state index in [9.17, 15) is 9.18 Å². The molecule has 1 N–H and O–H groups in total. The molecule has 3 aliphatic rings. The quantitative estimate of drug-likeness (QED) is 0.490. The van der Waals surface area contributed by atoms with Gasteiger partial charge in [0.05, 0.1) is 22.2 Å². The van der Waals surface area contributed by atoms with E-state index in [4.69, 9.17) is 0 Å². The normalized spacial score (nSPS) is 19.9. The van der Waals surface area contributed by atoms with E-state index >= 15 is 0 Å². The van der Waals surface area contributed by atoms with Gasteiger partial charge in [-0.15, -0.1) is 11.3 Å². The Morgan fingerprint density at radius 2 is 1.94 bits per heavy atom. The fourth-order valence-corrected chi connectivity index (χ4v) is 7.50. The lowest BCUT2D eigenvalue weighted by atomic mass is 9.90.